The first-order valence-corrected chi connectivity index (χ1v) is 7.16. The van der Waals surface area contributed by atoms with Crippen molar-refractivity contribution in [3.63, 3.8) is 0 Å². The summed E-state index contributed by atoms with van der Waals surface area (Å²) < 4.78 is 0. The van der Waals surface area contributed by atoms with Crippen LogP contribution in [0, 0.1) is 0 Å². The molecule has 2 rings (SSSR count). The number of nitrogens with one attached hydrogen (secondary N) is 1. The second-order valence-corrected chi connectivity index (χ2v) is 6.47. The summed E-state index contributed by atoms with van der Waals surface area (Å²) in [5.41, 5.74) is 1.44. The zero-order chi connectivity index (χ0) is 13.0. The van der Waals surface area contributed by atoms with Gasteiger partial charge in [-0.2, -0.15) is 0 Å². The van der Waals surface area contributed by atoms with E-state index in [1.54, 1.807) is 11.3 Å². The summed E-state index contributed by atoms with van der Waals surface area (Å²) in [7, 11) is 0. The largest absolute Gasteiger partial charge is 0.370 e. The van der Waals surface area contributed by atoms with Gasteiger partial charge in [0, 0.05) is 17.6 Å². The van der Waals surface area contributed by atoms with Crippen molar-refractivity contribution < 1.29 is 0 Å². The molecule has 3 heteroatoms. The summed E-state index contributed by atoms with van der Waals surface area (Å²) in [6.45, 7) is 7.54. The summed E-state index contributed by atoms with van der Waals surface area (Å²) in [4.78, 5) is 5.87. The van der Waals surface area contributed by atoms with Crippen molar-refractivity contribution >= 4 is 17.2 Å². The second kappa shape index (κ2) is 5.53. The minimum Gasteiger partial charge on any atom is -0.370 e. The maximum Gasteiger partial charge on any atom is 0.125 e. The van der Waals surface area contributed by atoms with Gasteiger partial charge in [-0.3, -0.25) is 0 Å². The number of hydrogen-bond donors (Lipinski definition) is 1. The molecule has 0 aliphatic rings. The van der Waals surface area contributed by atoms with E-state index in [4.69, 9.17) is 0 Å². The first-order chi connectivity index (χ1) is 8.55. The van der Waals surface area contributed by atoms with Crippen molar-refractivity contribution in [2.75, 3.05) is 11.9 Å². The van der Waals surface area contributed by atoms with Crippen LogP contribution in [0.25, 0.3) is 0 Å². The minimum absolute atomic E-state index is 0.169. The Labute approximate surface area is 113 Å². The Hall–Kier alpha value is -1.35. The first kappa shape index (κ1) is 13.1. The van der Waals surface area contributed by atoms with Gasteiger partial charge in [0.1, 0.15) is 5.82 Å². The predicted octanol–water partition coefficient (Wildman–Crippen LogP) is 4.10. The Morgan fingerprint density at radius 1 is 1.22 bits per heavy atom. The van der Waals surface area contributed by atoms with Crippen LogP contribution in [0.4, 0.5) is 5.82 Å². The summed E-state index contributed by atoms with van der Waals surface area (Å²) in [5, 5.41) is 5.47. The van der Waals surface area contributed by atoms with E-state index in [2.05, 4.69) is 60.7 Å². The molecule has 0 fully saturated rings. The highest BCUT2D eigenvalue weighted by Crippen LogP contribution is 2.21. The van der Waals surface area contributed by atoms with Crippen LogP contribution in [0.5, 0.6) is 0 Å². The minimum atomic E-state index is 0.169. The predicted molar refractivity (Wildman–Crippen MR) is 79.4 cm³/mol. The number of aromatic nitrogens is 1. The van der Waals surface area contributed by atoms with Crippen LogP contribution in [0.1, 0.15) is 31.2 Å². The molecule has 2 nitrogen and oxygen atoms in total. The van der Waals surface area contributed by atoms with Gasteiger partial charge < -0.3 is 5.32 Å². The molecule has 0 aromatic carbocycles. The Morgan fingerprint density at radius 2 is 2.06 bits per heavy atom. The van der Waals surface area contributed by atoms with Gasteiger partial charge in [-0.15, -0.1) is 11.3 Å². The van der Waals surface area contributed by atoms with Gasteiger partial charge in [-0.1, -0.05) is 32.9 Å². The zero-order valence-corrected chi connectivity index (χ0v) is 12.1. The molecule has 0 amide bonds. The Morgan fingerprint density at radius 3 is 2.61 bits per heavy atom. The smallest absolute Gasteiger partial charge is 0.125 e. The van der Waals surface area contributed by atoms with E-state index in [9.17, 15) is 0 Å². The fourth-order valence-corrected chi connectivity index (χ4v) is 2.42. The third kappa shape index (κ3) is 3.57. The Kier molecular flexibility index (Phi) is 4.02. The van der Waals surface area contributed by atoms with Crippen molar-refractivity contribution in [1.82, 2.24) is 4.98 Å². The molecular weight excluding hydrogens is 240 g/mol. The second-order valence-electron chi connectivity index (χ2n) is 5.44. The molecule has 0 spiro atoms. The summed E-state index contributed by atoms with van der Waals surface area (Å²) in [6.07, 6.45) is 3.02. The molecule has 2 heterocycles. The molecule has 0 unspecified atom stereocenters. The third-order valence-corrected chi connectivity index (χ3v) is 3.82. The lowest BCUT2D eigenvalue weighted by atomic mass is 9.88. The van der Waals surface area contributed by atoms with E-state index < -0.39 is 0 Å². The number of pyridine rings is 1. The number of thiophene rings is 1. The SMILES string of the molecule is CC(C)(C)c1ccc(NCCc2cccs2)nc1. The molecule has 0 saturated carbocycles. The van der Waals surface area contributed by atoms with Crippen molar-refractivity contribution in [3.05, 3.63) is 46.3 Å². The molecular formula is C15H20N2S. The zero-order valence-electron chi connectivity index (χ0n) is 11.2. The van der Waals surface area contributed by atoms with Crippen molar-refractivity contribution in [2.45, 2.75) is 32.6 Å². The van der Waals surface area contributed by atoms with Crippen LogP contribution < -0.4 is 5.32 Å². The molecule has 0 saturated heterocycles. The average Bonchev–Trinajstić information content (AvgIpc) is 2.82. The summed E-state index contributed by atoms with van der Waals surface area (Å²) >= 11 is 1.80. The van der Waals surface area contributed by atoms with E-state index in [1.165, 1.54) is 10.4 Å². The van der Waals surface area contributed by atoms with Gasteiger partial charge in [0.2, 0.25) is 0 Å². The maximum atomic E-state index is 4.46. The van der Waals surface area contributed by atoms with Crippen LogP contribution in [0.3, 0.4) is 0 Å². The molecule has 2 aromatic rings. The fraction of sp³-hybridized carbons (Fsp3) is 0.400. The van der Waals surface area contributed by atoms with E-state index >= 15 is 0 Å². The highest BCUT2D eigenvalue weighted by molar-refractivity contribution is 7.09. The first-order valence-electron chi connectivity index (χ1n) is 6.28. The fourth-order valence-electron chi connectivity index (χ4n) is 1.71. The molecule has 0 aliphatic carbocycles. The van der Waals surface area contributed by atoms with Crippen LogP contribution in [-0.2, 0) is 11.8 Å². The molecule has 0 atom stereocenters. The van der Waals surface area contributed by atoms with E-state index in [0.29, 0.717) is 0 Å². The standard InChI is InChI=1S/C15H20N2S/c1-15(2,3)12-6-7-14(17-11-12)16-9-8-13-5-4-10-18-13/h4-7,10-11H,8-9H2,1-3H3,(H,16,17). The monoisotopic (exact) mass is 260 g/mol. The van der Waals surface area contributed by atoms with Gasteiger partial charge in [0.05, 0.1) is 0 Å². The molecule has 96 valence electrons. The molecule has 0 radical (unpaired) electrons. The quantitative estimate of drug-likeness (QED) is 0.895. The van der Waals surface area contributed by atoms with E-state index in [-0.39, 0.29) is 5.41 Å². The molecule has 18 heavy (non-hydrogen) atoms. The summed E-state index contributed by atoms with van der Waals surface area (Å²) in [6, 6.07) is 8.48. The molecule has 2 aromatic heterocycles. The molecule has 1 N–H and O–H groups in total. The van der Waals surface area contributed by atoms with Crippen molar-refractivity contribution in [1.29, 1.82) is 0 Å². The molecule has 0 aliphatic heterocycles. The van der Waals surface area contributed by atoms with Crippen LogP contribution in [0.15, 0.2) is 35.8 Å². The number of anilines is 1. The molecule has 0 bridgehead atoms. The third-order valence-electron chi connectivity index (χ3n) is 2.89. The van der Waals surface area contributed by atoms with Crippen LogP contribution in [-0.4, -0.2) is 11.5 Å². The summed E-state index contributed by atoms with van der Waals surface area (Å²) in [5.74, 6) is 0.958. The van der Waals surface area contributed by atoms with Gasteiger partial charge in [-0.05, 0) is 34.9 Å². The van der Waals surface area contributed by atoms with Crippen molar-refractivity contribution in [2.24, 2.45) is 0 Å². The maximum absolute atomic E-state index is 4.46. The Bertz CT molecular complexity index is 466. The van der Waals surface area contributed by atoms with Gasteiger partial charge >= 0.3 is 0 Å². The normalized spacial score (nSPS) is 11.5. The lowest BCUT2D eigenvalue weighted by Gasteiger charge is -2.18. The van der Waals surface area contributed by atoms with E-state index in [0.717, 1.165) is 18.8 Å². The van der Waals surface area contributed by atoms with Crippen molar-refractivity contribution in [3.8, 4) is 0 Å². The topological polar surface area (TPSA) is 24.9 Å². The number of hydrogen-bond acceptors (Lipinski definition) is 3. The van der Waals surface area contributed by atoms with E-state index in [1.807, 2.05) is 6.20 Å². The van der Waals surface area contributed by atoms with Crippen LogP contribution >= 0.6 is 11.3 Å². The van der Waals surface area contributed by atoms with Crippen LogP contribution in [0.2, 0.25) is 0 Å². The number of nitrogens with zero attached hydrogens (tertiary/aromatic N) is 1. The van der Waals surface area contributed by atoms with Gasteiger partial charge in [0.25, 0.3) is 0 Å². The average molecular weight is 260 g/mol. The van der Waals surface area contributed by atoms with Gasteiger partial charge in [-0.25, -0.2) is 4.98 Å². The lowest BCUT2D eigenvalue weighted by Crippen LogP contribution is -2.12. The Balaban J connectivity index is 1.87. The van der Waals surface area contributed by atoms with Gasteiger partial charge in [0.15, 0.2) is 0 Å². The number of rotatable bonds is 4. The highest BCUT2D eigenvalue weighted by atomic mass is 32.1. The highest BCUT2D eigenvalue weighted by Gasteiger charge is 2.13. The lowest BCUT2D eigenvalue weighted by molar-refractivity contribution is 0.587.